The molecule has 4 nitrogen and oxygen atoms in total. The largest absolute Gasteiger partial charge is 0.491 e. The second-order valence-electron chi connectivity index (χ2n) is 4.15. The first-order valence-electron chi connectivity index (χ1n) is 6.29. The molecule has 0 aliphatic carbocycles. The number of hydrogen-bond donors (Lipinski definition) is 1. The minimum absolute atomic E-state index is 0.383. The Kier molecular flexibility index (Phi) is 6.05. The molecule has 0 saturated carbocycles. The van der Waals surface area contributed by atoms with Gasteiger partial charge in [-0.25, -0.2) is 4.79 Å². The van der Waals surface area contributed by atoms with Gasteiger partial charge >= 0.3 is 5.97 Å². The molecule has 18 heavy (non-hydrogen) atoms. The number of methoxy groups -OCH3 is 1. The van der Waals surface area contributed by atoms with Crippen molar-refractivity contribution in [2.45, 2.75) is 32.6 Å². The third-order valence-electron chi connectivity index (χ3n) is 2.69. The van der Waals surface area contributed by atoms with Crippen LogP contribution in [0, 0.1) is 0 Å². The van der Waals surface area contributed by atoms with Gasteiger partial charge in [0.1, 0.15) is 5.75 Å². The van der Waals surface area contributed by atoms with Crippen molar-refractivity contribution < 1.29 is 14.3 Å². The summed E-state index contributed by atoms with van der Waals surface area (Å²) in [5.74, 6) is 0.167. The van der Waals surface area contributed by atoms with Gasteiger partial charge in [-0.3, -0.25) is 0 Å². The summed E-state index contributed by atoms with van der Waals surface area (Å²) in [6.07, 6.45) is 4.55. The number of benzene rings is 1. The third kappa shape index (κ3) is 4.28. The van der Waals surface area contributed by atoms with Crippen LogP contribution in [0.1, 0.15) is 43.0 Å². The second-order valence-corrected chi connectivity index (χ2v) is 4.15. The van der Waals surface area contributed by atoms with E-state index in [0.717, 1.165) is 12.8 Å². The predicted octanol–water partition coefficient (Wildman–Crippen LogP) is 3.01. The van der Waals surface area contributed by atoms with Crippen molar-refractivity contribution in [3.8, 4) is 5.75 Å². The molecule has 1 rings (SSSR count). The molecule has 0 heterocycles. The van der Waals surface area contributed by atoms with Gasteiger partial charge in [0.15, 0.2) is 0 Å². The number of carbonyl (C=O) groups is 1. The molecule has 100 valence electrons. The maximum atomic E-state index is 11.4. The molecule has 4 heteroatoms. The number of esters is 1. The summed E-state index contributed by atoms with van der Waals surface area (Å²) in [5, 5.41) is 0. The number of ether oxygens (including phenoxy) is 2. The first-order valence-corrected chi connectivity index (χ1v) is 6.29. The van der Waals surface area contributed by atoms with Crippen molar-refractivity contribution in [3.63, 3.8) is 0 Å². The van der Waals surface area contributed by atoms with E-state index in [2.05, 4.69) is 11.7 Å². The van der Waals surface area contributed by atoms with E-state index in [0.29, 0.717) is 23.6 Å². The molecule has 0 aromatic heterocycles. The average molecular weight is 251 g/mol. The summed E-state index contributed by atoms with van der Waals surface area (Å²) in [6, 6.07) is 4.92. The summed E-state index contributed by atoms with van der Waals surface area (Å²) in [7, 11) is 1.35. The smallest absolute Gasteiger partial charge is 0.337 e. The fraction of sp³-hybridized carbons (Fsp3) is 0.500. The van der Waals surface area contributed by atoms with E-state index >= 15 is 0 Å². The number of carbonyl (C=O) groups excluding carboxylic acids is 1. The first-order chi connectivity index (χ1) is 8.69. The molecule has 0 aliphatic rings. The Labute approximate surface area is 108 Å². The molecule has 1 aromatic rings. The van der Waals surface area contributed by atoms with Crippen molar-refractivity contribution in [1.82, 2.24) is 0 Å². The zero-order valence-electron chi connectivity index (χ0n) is 11.1. The van der Waals surface area contributed by atoms with Crippen LogP contribution in [0.25, 0.3) is 0 Å². The van der Waals surface area contributed by atoms with Crippen LogP contribution in [0.3, 0.4) is 0 Å². The molecule has 2 N–H and O–H groups in total. The van der Waals surface area contributed by atoms with Crippen LogP contribution in [-0.2, 0) is 4.74 Å². The van der Waals surface area contributed by atoms with Gasteiger partial charge in [-0.15, -0.1) is 0 Å². The zero-order valence-corrected chi connectivity index (χ0v) is 11.1. The summed E-state index contributed by atoms with van der Waals surface area (Å²) in [4.78, 5) is 11.4. The molecule has 0 atom stereocenters. The maximum Gasteiger partial charge on any atom is 0.337 e. The Morgan fingerprint density at radius 1 is 1.28 bits per heavy atom. The lowest BCUT2D eigenvalue weighted by atomic mass is 10.2. The maximum absolute atomic E-state index is 11.4. The second kappa shape index (κ2) is 7.58. The number of unbranched alkanes of at least 4 members (excludes halogenated alkanes) is 3. The van der Waals surface area contributed by atoms with E-state index in [9.17, 15) is 4.79 Å². The fourth-order valence-electron chi connectivity index (χ4n) is 1.62. The van der Waals surface area contributed by atoms with Gasteiger partial charge in [0, 0.05) is 0 Å². The lowest BCUT2D eigenvalue weighted by Crippen LogP contribution is -2.05. The summed E-state index contributed by atoms with van der Waals surface area (Å²) in [6.45, 7) is 2.79. The van der Waals surface area contributed by atoms with Gasteiger partial charge < -0.3 is 15.2 Å². The van der Waals surface area contributed by atoms with Gasteiger partial charge in [-0.1, -0.05) is 26.2 Å². The standard InChI is InChI=1S/C14H21NO3/c1-3-4-5-6-9-18-13-10-11(14(16)17-2)7-8-12(13)15/h7-8,10H,3-6,9,15H2,1-2H3. The quantitative estimate of drug-likeness (QED) is 0.459. The third-order valence-corrected chi connectivity index (χ3v) is 2.69. The molecule has 0 saturated heterocycles. The number of hydrogen-bond acceptors (Lipinski definition) is 4. The van der Waals surface area contributed by atoms with E-state index in [1.807, 2.05) is 0 Å². The monoisotopic (exact) mass is 251 g/mol. The highest BCUT2D eigenvalue weighted by molar-refractivity contribution is 5.90. The van der Waals surface area contributed by atoms with Crippen molar-refractivity contribution >= 4 is 11.7 Å². The molecule has 0 fully saturated rings. The highest BCUT2D eigenvalue weighted by atomic mass is 16.5. The van der Waals surface area contributed by atoms with Gasteiger partial charge in [-0.2, -0.15) is 0 Å². The summed E-state index contributed by atoms with van der Waals surface area (Å²) in [5.41, 5.74) is 6.79. The fourth-order valence-corrected chi connectivity index (χ4v) is 1.62. The number of rotatable bonds is 7. The van der Waals surface area contributed by atoms with Crippen molar-refractivity contribution in [3.05, 3.63) is 23.8 Å². The minimum Gasteiger partial charge on any atom is -0.491 e. The van der Waals surface area contributed by atoms with Gasteiger partial charge in [0.05, 0.1) is 25.0 Å². The molecular formula is C14H21NO3. The lowest BCUT2D eigenvalue weighted by molar-refractivity contribution is 0.0600. The van der Waals surface area contributed by atoms with Crippen LogP contribution >= 0.6 is 0 Å². The van der Waals surface area contributed by atoms with Gasteiger partial charge in [0.25, 0.3) is 0 Å². The highest BCUT2D eigenvalue weighted by Gasteiger charge is 2.09. The van der Waals surface area contributed by atoms with E-state index < -0.39 is 0 Å². The predicted molar refractivity (Wildman–Crippen MR) is 71.8 cm³/mol. The SMILES string of the molecule is CCCCCCOc1cc(C(=O)OC)ccc1N. The van der Waals surface area contributed by atoms with E-state index in [-0.39, 0.29) is 5.97 Å². The zero-order chi connectivity index (χ0) is 13.4. The Hall–Kier alpha value is -1.71. The van der Waals surface area contributed by atoms with Crippen LogP contribution in [0.2, 0.25) is 0 Å². The van der Waals surface area contributed by atoms with E-state index in [1.165, 1.54) is 20.0 Å². The molecule has 0 unspecified atom stereocenters. The van der Waals surface area contributed by atoms with E-state index in [4.69, 9.17) is 10.5 Å². The van der Waals surface area contributed by atoms with Gasteiger partial charge in [-0.05, 0) is 24.6 Å². The average Bonchev–Trinajstić information content (AvgIpc) is 2.39. The summed E-state index contributed by atoms with van der Waals surface area (Å²) >= 11 is 0. The Bertz CT molecular complexity index is 391. The van der Waals surface area contributed by atoms with Crippen molar-refractivity contribution in [2.75, 3.05) is 19.5 Å². The Balaban J connectivity index is 2.56. The molecular weight excluding hydrogens is 230 g/mol. The van der Waals surface area contributed by atoms with E-state index in [1.54, 1.807) is 18.2 Å². The Morgan fingerprint density at radius 3 is 2.72 bits per heavy atom. The molecule has 0 radical (unpaired) electrons. The molecule has 0 amide bonds. The normalized spacial score (nSPS) is 10.1. The number of nitrogen functional groups attached to an aromatic ring is 1. The lowest BCUT2D eigenvalue weighted by Gasteiger charge is -2.10. The summed E-state index contributed by atoms with van der Waals surface area (Å²) < 4.78 is 10.2. The molecule has 0 bridgehead atoms. The minimum atomic E-state index is -0.383. The first kappa shape index (κ1) is 14.4. The van der Waals surface area contributed by atoms with Crippen LogP contribution in [-0.4, -0.2) is 19.7 Å². The molecule has 1 aromatic carbocycles. The molecule has 0 spiro atoms. The van der Waals surface area contributed by atoms with Crippen LogP contribution < -0.4 is 10.5 Å². The number of nitrogens with two attached hydrogens (primary N) is 1. The number of anilines is 1. The topological polar surface area (TPSA) is 61.5 Å². The van der Waals surface area contributed by atoms with Crippen LogP contribution in [0.15, 0.2) is 18.2 Å². The van der Waals surface area contributed by atoms with Crippen molar-refractivity contribution in [1.29, 1.82) is 0 Å². The highest BCUT2D eigenvalue weighted by Crippen LogP contribution is 2.23. The van der Waals surface area contributed by atoms with Crippen LogP contribution in [0.4, 0.5) is 5.69 Å². The van der Waals surface area contributed by atoms with Crippen LogP contribution in [0.5, 0.6) is 5.75 Å². The van der Waals surface area contributed by atoms with Crippen molar-refractivity contribution in [2.24, 2.45) is 0 Å². The Morgan fingerprint density at radius 2 is 2.06 bits per heavy atom. The molecule has 0 aliphatic heterocycles. The van der Waals surface area contributed by atoms with Gasteiger partial charge in [0.2, 0.25) is 0 Å².